The maximum Gasteiger partial charge on any atom is 0.137 e. The molecule has 2 rings (SSSR count). The second-order valence-electron chi connectivity index (χ2n) is 4.35. The van der Waals surface area contributed by atoms with Gasteiger partial charge in [0.1, 0.15) is 12.7 Å². The van der Waals surface area contributed by atoms with E-state index in [1.54, 1.807) is 12.7 Å². The van der Waals surface area contributed by atoms with Crippen molar-refractivity contribution < 1.29 is 5.11 Å². The predicted molar refractivity (Wildman–Crippen MR) is 70.1 cm³/mol. The van der Waals surface area contributed by atoms with Gasteiger partial charge in [-0.2, -0.15) is 5.10 Å². The van der Waals surface area contributed by atoms with Crippen molar-refractivity contribution in [3.8, 4) is 0 Å². The Kier molecular flexibility index (Phi) is 4.30. The van der Waals surface area contributed by atoms with Crippen molar-refractivity contribution in [3.63, 3.8) is 0 Å². The van der Waals surface area contributed by atoms with Gasteiger partial charge in [0.05, 0.1) is 6.61 Å². The van der Waals surface area contributed by atoms with E-state index in [1.807, 2.05) is 28.9 Å². The van der Waals surface area contributed by atoms with Crippen molar-refractivity contribution in [2.45, 2.75) is 32.5 Å². The molecule has 5 nitrogen and oxygen atoms in total. The smallest absolute Gasteiger partial charge is 0.137 e. The Hall–Kier alpha value is -1.88. The number of nitrogens with one attached hydrogen (secondary N) is 1. The molecule has 1 heterocycles. The van der Waals surface area contributed by atoms with E-state index in [2.05, 4.69) is 22.3 Å². The van der Waals surface area contributed by atoms with Gasteiger partial charge < -0.3 is 10.4 Å². The predicted octanol–water partition coefficient (Wildman–Crippen LogP) is 1.66. The molecule has 1 aromatic heterocycles. The van der Waals surface area contributed by atoms with Crippen molar-refractivity contribution >= 4 is 5.69 Å². The maximum absolute atomic E-state index is 9.08. The van der Waals surface area contributed by atoms with Crippen LogP contribution in [-0.2, 0) is 13.2 Å². The van der Waals surface area contributed by atoms with Crippen LogP contribution < -0.4 is 5.32 Å². The Bertz CT molecular complexity index is 470. The lowest BCUT2D eigenvalue weighted by atomic mass is 10.2. The fourth-order valence-electron chi connectivity index (χ4n) is 1.79. The number of benzene rings is 1. The number of hydrogen-bond acceptors (Lipinski definition) is 4. The van der Waals surface area contributed by atoms with Crippen molar-refractivity contribution in [2.75, 3.05) is 5.32 Å². The van der Waals surface area contributed by atoms with Crippen molar-refractivity contribution in [1.82, 2.24) is 14.8 Å². The number of aliphatic hydroxyl groups excluding tert-OH is 1. The molecule has 5 heteroatoms. The fourth-order valence-corrected chi connectivity index (χ4v) is 1.79. The third-order valence-electron chi connectivity index (χ3n) is 2.78. The number of hydrogen-bond donors (Lipinski definition) is 2. The van der Waals surface area contributed by atoms with Crippen LogP contribution >= 0.6 is 0 Å². The third-order valence-corrected chi connectivity index (χ3v) is 2.78. The van der Waals surface area contributed by atoms with E-state index < -0.39 is 0 Å². The van der Waals surface area contributed by atoms with E-state index in [4.69, 9.17) is 5.11 Å². The van der Waals surface area contributed by atoms with Crippen LogP contribution in [0.25, 0.3) is 0 Å². The van der Waals surface area contributed by atoms with Gasteiger partial charge in [-0.25, -0.2) is 4.98 Å². The molecule has 0 saturated heterocycles. The van der Waals surface area contributed by atoms with Crippen LogP contribution in [0.15, 0.2) is 36.9 Å². The molecule has 0 aliphatic carbocycles. The highest BCUT2D eigenvalue weighted by atomic mass is 16.3. The number of nitrogens with zero attached hydrogens (tertiary/aromatic N) is 3. The summed E-state index contributed by atoms with van der Waals surface area (Å²) in [6, 6.07) is 8.16. The van der Waals surface area contributed by atoms with E-state index in [0.717, 1.165) is 24.2 Å². The standard InChI is InChI=1S/C13H18N4O/c1-11(5-6-17-10-14-9-15-17)16-13-4-2-3-12(7-13)8-18/h2-4,7,9-11,16,18H,5-6,8H2,1H3. The molecule has 1 atom stereocenters. The largest absolute Gasteiger partial charge is 0.392 e. The summed E-state index contributed by atoms with van der Waals surface area (Å²) >= 11 is 0. The highest BCUT2D eigenvalue weighted by Gasteiger charge is 2.03. The molecule has 1 unspecified atom stereocenters. The van der Waals surface area contributed by atoms with E-state index in [9.17, 15) is 0 Å². The first-order valence-corrected chi connectivity index (χ1v) is 6.06. The Morgan fingerprint density at radius 3 is 3.06 bits per heavy atom. The number of anilines is 1. The maximum atomic E-state index is 9.08. The van der Waals surface area contributed by atoms with Crippen molar-refractivity contribution in [1.29, 1.82) is 0 Å². The van der Waals surface area contributed by atoms with E-state index >= 15 is 0 Å². The quantitative estimate of drug-likeness (QED) is 0.813. The first kappa shape index (κ1) is 12.6. The molecule has 2 N–H and O–H groups in total. The number of aryl methyl sites for hydroxylation is 1. The summed E-state index contributed by atoms with van der Waals surface area (Å²) in [7, 11) is 0. The van der Waals surface area contributed by atoms with Crippen LogP contribution in [0.4, 0.5) is 5.69 Å². The molecule has 0 spiro atoms. The number of aromatic nitrogens is 3. The van der Waals surface area contributed by atoms with E-state index in [0.29, 0.717) is 6.04 Å². The van der Waals surface area contributed by atoms with Gasteiger partial charge in [0.25, 0.3) is 0 Å². The highest BCUT2D eigenvalue weighted by Crippen LogP contribution is 2.13. The molecule has 1 aromatic carbocycles. The first-order chi connectivity index (χ1) is 8.78. The second-order valence-corrected chi connectivity index (χ2v) is 4.35. The molecular formula is C13H18N4O. The molecule has 0 amide bonds. The zero-order valence-corrected chi connectivity index (χ0v) is 10.5. The molecule has 0 bridgehead atoms. The van der Waals surface area contributed by atoms with Crippen LogP contribution in [0.1, 0.15) is 18.9 Å². The highest BCUT2D eigenvalue weighted by molar-refractivity contribution is 5.46. The summed E-state index contributed by atoms with van der Waals surface area (Å²) in [5.41, 5.74) is 1.95. The molecule has 0 aliphatic rings. The van der Waals surface area contributed by atoms with Gasteiger partial charge in [-0.1, -0.05) is 12.1 Å². The number of rotatable bonds is 6. The van der Waals surface area contributed by atoms with Gasteiger partial charge in [0.15, 0.2) is 0 Å². The minimum Gasteiger partial charge on any atom is -0.392 e. The van der Waals surface area contributed by atoms with Gasteiger partial charge in [-0.3, -0.25) is 4.68 Å². The monoisotopic (exact) mass is 246 g/mol. The van der Waals surface area contributed by atoms with Gasteiger partial charge in [-0.05, 0) is 31.0 Å². The lowest BCUT2D eigenvalue weighted by molar-refractivity contribution is 0.282. The summed E-state index contributed by atoms with van der Waals surface area (Å²) < 4.78 is 1.82. The van der Waals surface area contributed by atoms with Crippen molar-refractivity contribution in [2.24, 2.45) is 0 Å². The SMILES string of the molecule is CC(CCn1cncn1)Nc1cccc(CO)c1. The zero-order valence-electron chi connectivity index (χ0n) is 10.5. The van der Waals surface area contributed by atoms with Gasteiger partial charge >= 0.3 is 0 Å². The molecule has 18 heavy (non-hydrogen) atoms. The molecular weight excluding hydrogens is 228 g/mol. The minimum atomic E-state index is 0.0723. The Morgan fingerprint density at radius 2 is 2.33 bits per heavy atom. The van der Waals surface area contributed by atoms with Crippen LogP contribution in [-0.4, -0.2) is 25.9 Å². The molecule has 96 valence electrons. The van der Waals surface area contributed by atoms with Crippen LogP contribution in [0, 0.1) is 0 Å². The van der Waals surface area contributed by atoms with E-state index in [1.165, 1.54) is 0 Å². The average Bonchev–Trinajstić information content (AvgIpc) is 2.90. The first-order valence-electron chi connectivity index (χ1n) is 6.06. The average molecular weight is 246 g/mol. The Balaban J connectivity index is 1.84. The normalized spacial score (nSPS) is 12.3. The fraction of sp³-hybridized carbons (Fsp3) is 0.385. The van der Waals surface area contributed by atoms with Gasteiger partial charge in [0.2, 0.25) is 0 Å². The van der Waals surface area contributed by atoms with Crippen LogP contribution in [0.5, 0.6) is 0 Å². The topological polar surface area (TPSA) is 63.0 Å². The Morgan fingerprint density at radius 1 is 1.44 bits per heavy atom. The molecule has 0 saturated carbocycles. The summed E-state index contributed by atoms with van der Waals surface area (Å²) in [5, 5.41) is 16.6. The van der Waals surface area contributed by atoms with Gasteiger partial charge in [0, 0.05) is 18.3 Å². The van der Waals surface area contributed by atoms with E-state index in [-0.39, 0.29) is 6.61 Å². The van der Waals surface area contributed by atoms with Gasteiger partial charge in [-0.15, -0.1) is 0 Å². The lowest BCUT2D eigenvalue weighted by Gasteiger charge is -2.15. The van der Waals surface area contributed by atoms with Crippen LogP contribution in [0.3, 0.4) is 0 Å². The van der Waals surface area contributed by atoms with Crippen molar-refractivity contribution in [3.05, 3.63) is 42.5 Å². The minimum absolute atomic E-state index is 0.0723. The molecule has 0 radical (unpaired) electrons. The van der Waals surface area contributed by atoms with Crippen LogP contribution in [0.2, 0.25) is 0 Å². The summed E-state index contributed by atoms with van der Waals surface area (Å²) in [4.78, 5) is 3.91. The summed E-state index contributed by atoms with van der Waals surface area (Å²) in [6.07, 6.45) is 4.23. The third kappa shape index (κ3) is 3.56. The molecule has 0 fully saturated rings. The zero-order chi connectivity index (χ0) is 12.8. The summed E-state index contributed by atoms with van der Waals surface area (Å²) in [5.74, 6) is 0. The molecule has 2 aromatic rings. The number of aliphatic hydroxyl groups is 1. The summed E-state index contributed by atoms with van der Waals surface area (Å²) in [6.45, 7) is 3.04. The lowest BCUT2D eigenvalue weighted by Crippen LogP contribution is -2.18. The molecule has 0 aliphatic heterocycles. The second kappa shape index (κ2) is 6.16. The Labute approximate surface area is 106 Å².